The Morgan fingerprint density at radius 1 is 1.20 bits per heavy atom. The summed E-state index contributed by atoms with van der Waals surface area (Å²) in [6.45, 7) is 7.83. The van der Waals surface area contributed by atoms with Gasteiger partial charge in [-0.15, -0.1) is 24.8 Å². The minimum Gasteiger partial charge on any atom is -0.320 e. The average Bonchev–Trinajstić information content (AvgIpc) is 2.46. The molecule has 0 amide bonds. The van der Waals surface area contributed by atoms with Crippen molar-refractivity contribution in [2.75, 3.05) is 13.6 Å². The smallest absolute Gasteiger partial charge is 0.261 e. The average molecular weight is 392 g/mol. The molecule has 0 spiro atoms. The zero-order valence-electron chi connectivity index (χ0n) is 15.3. The lowest BCUT2D eigenvalue weighted by atomic mass is 9.96. The molecule has 1 heterocycles. The van der Waals surface area contributed by atoms with E-state index in [1.54, 1.807) is 4.57 Å². The van der Waals surface area contributed by atoms with E-state index in [1.807, 2.05) is 7.05 Å². The molecule has 1 N–H and O–H groups in total. The van der Waals surface area contributed by atoms with Crippen LogP contribution >= 0.6 is 24.8 Å². The van der Waals surface area contributed by atoms with Gasteiger partial charge in [0.15, 0.2) is 0 Å². The minimum atomic E-state index is -0.362. The van der Waals surface area contributed by atoms with Gasteiger partial charge in [0.2, 0.25) is 0 Å². The molecule has 0 saturated carbocycles. The molecule has 0 bridgehead atoms. The Hall–Kier alpha value is -1.17. The summed E-state index contributed by atoms with van der Waals surface area (Å²) < 4.78 is 15.2. The van der Waals surface area contributed by atoms with Crippen molar-refractivity contribution in [1.29, 1.82) is 0 Å². The second kappa shape index (κ2) is 10.1. The number of hydrogen-bond acceptors (Lipinski definition) is 3. The topological polar surface area (TPSA) is 46.9 Å². The van der Waals surface area contributed by atoms with Crippen molar-refractivity contribution in [3.05, 3.63) is 40.2 Å². The van der Waals surface area contributed by atoms with Gasteiger partial charge in [0, 0.05) is 19.0 Å². The maximum Gasteiger partial charge on any atom is 0.261 e. The van der Waals surface area contributed by atoms with Crippen LogP contribution in [0.1, 0.15) is 39.4 Å². The summed E-state index contributed by atoms with van der Waals surface area (Å²) in [5.41, 5.74) is 0.344. The van der Waals surface area contributed by atoms with E-state index >= 15 is 0 Å². The van der Waals surface area contributed by atoms with Gasteiger partial charge in [0.05, 0.1) is 10.9 Å². The fraction of sp³-hybridized carbons (Fsp3) is 0.556. The van der Waals surface area contributed by atoms with Crippen molar-refractivity contribution in [3.8, 4) is 0 Å². The molecule has 0 aliphatic heterocycles. The molecule has 1 aromatic carbocycles. The summed E-state index contributed by atoms with van der Waals surface area (Å²) >= 11 is 0. The summed E-state index contributed by atoms with van der Waals surface area (Å²) in [4.78, 5) is 17.4. The van der Waals surface area contributed by atoms with Gasteiger partial charge in [0.25, 0.3) is 5.56 Å². The molecule has 25 heavy (non-hydrogen) atoms. The first-order chi connectivity index (χ1) is 10.8. The van der Waals surface area contributed by atoms with Gasteiger partial charge in [0.1, 0.15) is 11.6 Å². The molecule has 1 aromatic heterocycles. The predicted octanol–water partition coefficient (Wildman–Crippen LogP) is 3.97. The zero-order chi connectivity index (χ0) is 17.0. The van der Waals surface area contributed by atoms with E-state index in [0.717, 1.165) is 31.6 Å². The number of nitrogens with one attached hydrogen (secondary N) is 1. The van der Waals surface area contributed by atoms with Crippen molar-refractivity contribution in [2.24, 2.45) is 5.41 Å². The molecule has 2 rings (SSSR count). The van der Waals surface area contributed by atoms with E-state index in [4.69, 9.17) is 0 Å². The van der Waals surface area contributed by atoms with E-state index in [9.17, 15) is 9.18 Å². The molecule has 0 fully saturated rings. The number of fused-ring (bicyclic) bond motifs is 1. The molecule has 4 nitrogen and oxygen atoms in total. The third-order valence-corrected chi connectivity index (χ3v) is 3.71. The van der Waals surface area contributed by atoms with Crippen LogP contribution in [0.25, 0.3) is 10.9 Å². The van der Waals surface area contributed by atoms with E-state index in [-0.39, 0.29) is 41.6 Å². The summed E-state index contributed by atoms with van der Waals surface area (Å²) in [5.74, 6) is 0.387. The number of nitrogens with zero attached hydrogens (tertiary/aromatic N) is 2. The van der Waals surface area contributed by atoms with Crippen molar-refractivity contribution in [2.45, 2.75) is 46.6 Å². The third kappa shape index (κ3) is 6.57. The van der Waals surface area contributed by atoms with E-state index in [1.165, 1.54) is 18.2 Å². The van der Waals surface area contributed by atoms with Gasteiger partial charge in [-0.25, -0.2) is 9.37 Å². The Labute approximate surface area is 161 Å². The Bertz CT molecular complexity index is 741. The standard InChI is InChI=1S/C18H26FN3O.2ClH/c1-18(2,3)12-22-16(7-5-6-10-20-4)21-15-11-13(19)8-9-14(15)17(22)23;;/h8-9,11,20H,5-7,10,12H2,1-4H3;2*1H. The van der Waals surface area contributed by atoms with Crippen LogP contribution < -0.4 is 10.9 Å². The number of aryl methyl sites for hydroxylation is 1. The SMILES string of the molecule is CNCCCCc1nc2cc(F)ccc2c(=O)n1CC(C)(C)C.Cl.Cl. The molecular weight excluding hydrogens is 364 g/mol. The monoisotopic (exact) mass is 391 g/mol. The predicted molar refractivity (Wildman–Crippen MR) is 107 cm³/mol. The van der Waals surface area contributed by atoms with Crippen LogP contribution in [-0.2, 0) is 13.0 Å². The Morgan fingerprint density at radius 2 is 1.88 bits per heavy atom. The summed E-state index contributed by atoms with van der Waals surface area (Å²) in [7, 11) is 1.92. The van der Waals surface area contributed by atoms with Gasteiger partial charge in [-0.1, -0.05) is 20.8 Å². The van der Waals surface area contributed by atoms with E-state index < -0.39 is 0 Å². The maximum absolute atomic E-state index is 13.5. The van der Waals surface area contributed by atoms with Crippen LogP contribution in [0, 0.1) is 11.2 Å². The number of benzene rings is 1. The zero-order valence-corrected chi connectivity index (χ0v) is 16.9. The number of unbranched alkanes of at least 4 members (excludes halogenated alkanes) is 1. The van der Waals surface area contributed by atoms with Gasteiger partial charge < -0.3 is 5.32 Å². The van der Waals surface area contributed by atoms with Crippen LogP contribution in [0.2, 0.25) is 0 Å². The highest BCUT2D eigenvalue weighted by Gasteiger charge is 2.17. The second-order valence-electron chi connectivity index (χ2n) is 7.20. The van der Waals surface area contributed by atoms with Crippen LogP contribution in [-0.4, -0.2) is 23.1 Å². The molecule has 0 atom stereocenters. The quantitative estimate of drug-likeness (QED) is 0.757. The largest absolute Gasteiger partial charge is 0.320 e. The molecule has 0 saturated heterocycles. The third-order valence-electron chi connectivity index (χ3n) is 3.71. The van der Waals surface area contributed by atoms with Crippen LogP contribution in [0.15, 0.2) is 23.0 Å². The first kappa shape index (κ1) is 23.8. The van der Waals surface area contributed by atoms with Gasteiger partial charge >= 0.3 is 0 Å². The van der Waals surface area contributed by atoms with Crippen molar-refractivity contribution in [3.63, 3.8) is 0 Å². The molecule has 0 aliphatic carbocycles. The molecular formula is C18H28Cl2FN3O. The van der Waals surface area contributed by atoms with Gasteiger partial charge in [-0.05, 0) is 44.0 Å². The Morgan fingerprint density at radius 3 is 2.48 bits per heavy atom. The van der Waals surface area contributed by atoms with Crippen molar-refractivity contribution >= 4 is 35.7 Å². The minimum absolute atomic E-state index is 0. The van der Waals surface area contributed by atoms with Crippen LogP contribution in [0.3, 0.4) is 0 Å². The lowest BCUT2D eigenvalue weighted by molar-refractivity contribution is 0.330. The lowest BCUT2D eigenvalue weighted by Crippen LogP contribution is -2.30. The molecule has 0 aliphatic rings. The summed E-state index contributed by atoms with van der Waals surface area (Å²) in [6, 6.07) is 4.19. The normalized spacial score (nSPS) is 11.1. The highest BCUT2D eigenvalue weighted by atomic mass is 35.5. The van der Waals surface area contributed by atoms with Crippen LogP contribution in [0.4, 0.5) is 4.39 Å². The number of halogens is 3. The van der Waals surface area contributed by atoms with Crippen molar-refractivity contribution < 1.29 is 4.39 Å². The molecule has 0 unspecified atom stereocenters. The fourth-order valence-electron chi connectivity index (χ4n) is 2.65. The highest BCUT2D eigenvalue weighted by Crippen LogP contribution is 2.18. The Kier molecular flexibility index (Phi) is 9.62. The van der Waals surface area contributed by atoms with E-state index in [0.29, 0.717) is 17.4 Å². The summed E-state index contributed by atoms with van der Waals surface area (Å²) in [5, 5.41) is 3.60. The lowest BCUT2D eigenvalue weighted by Gasteiger charge is -2.22. The first-order valence-corrected chi connectivity index (χ1v) is 8.15. The summed E-state index contributed by atoms with van der Waals surface area (Å²) in [6.07, 6.45) is 2.68. The van der Waals surface area contributed by atoms with Crippen molar-refractivity contribution in [1.82, 2.24) is 14.9 Å². The second-order valence-corrected chi connectivity index (χ2v) is 7.20. The number of rotatable bonds is 6. The van der Waals surface area contributed by atoms with Gasteiger partial charge in [-0.3, -0.25) is 9.36 Å². The Balaban J connectivity index is 0.00000288. The number of aromatic nitrogens is 2. The van der Waals surface area contributed by atoms with Crippen LogP contribution in [0.5, 0.6) is 0 Å². The molecule has 142 valence electrons. The highest BCUT2D eigenvalue weighted by molar-refractivity contribution is 5.85. The molecule has 7 heteroatoms. The molecule has 0 radical (unpaired) electrons. The van der Waals surface area contributed by atoms with E-state index in [2.05, 4.69) is 31.1 Å². The first-order valence-electron chi connectivity index (χ1n) is 8.15. The van der Waals surface area contributed by atoms with Gasteiger partial charge in [-0.2, -0.15) is 0 Å². The number of hydrogen-bond donors (Lipinski definition) is 1. The maximum atomic E-state index is 13.5. The fourth-order valence-corrected chi connectivity index (χ4v) is 2.65. The molecule has 2 aromatic rings.